The van der Waals surface area contributed by atoms with E-state index in [1.807, 2.05) is 42.7 Å². The van der Waals surface area contributed by atoms with E-state index in [4.69, 9.17) is 4.74 Å². The van der Waals surface area contributed by atoms with Crippen molar-refractivity contribution in [2.45, 2.75) is 31.2 Å². The summed E-state index contributed by atoms with van der Waals surface area (Å²) in [7, 11) is 1.56. The van der Waals surface area contributed by atoms with E-state index >= 15 is 0 Å². The molecule has 0 aliphatic rings. The molecule has 0 N–H and O–H groups in total. The Hall–Kier alpha value is -2.39. The van der Waals surface area contributed by atoms with Gasteiger partial charge in [-0.15, -0.1) is 10.2 Å². The van der Waals surface area contributed by atoms with E-state index in [0.717, 1.165) is 27.1 Å². The van der Waals surface area contributed by atoms with Crippen molar-refractivity contribution in [3.05, 3.63) is 73.5 Å². The fourth-order valence-electron chi connectivity index (χ4n) is 3.00. The van der Waals surface area contributed by atoms with Crippen LogP contribution in [0.4, 0.5) is 0 Å². The first-order valence-corrected chi connectivity index (χ1v) is 10.6. The van der Waals surface area contributed by atoms with E-state index < -0.39 is 5.25 Å². The van der Waals surface area contributed by atoms with Crippen LogP contribution >= 0.6 is 27.7 Å². The molecule has 0 aliphatic heterocycles. The molecule has 152 valence electrons. The highest BCUT2D eigenvalue weighted by Crippen LogP contribution is 2.41. The second-order valence-corrected chi connectivity index (χ2v) is 8.73. The van der Waals surface area contributed by atoms with Gasteiger partial charge in [0.1, 0.15) is 16.8 Å². The zero-order chi connectivity index (χ0) is 21.1. The molecule has 0 saturated carbocycles. The molecule has 0 radical (unpaired) electrons. The molecule has 0 bridgehead atoms. The number of aromatic nitrogens is 3. The van der Waals surface area contributed by atoms with Crippen LogP contribution in [0.5, 0.6) is 5.75 Å². The lowest BCUT2D eigenvalue weighted by molar-refractivity contribution is -0.479. The van der Waals surface area contributed by atoms with Gasteiger partial charge in [0.2, 0.25) is 6.54 Å². The molecule has 0 saturated heterocycles. The molecule has 7 nitrogen and oxygen atoms in total. The molecule has 0 spiro atoms. The summed E-state index contributed by atoms with van der Waals surface area (Å²) in [6.07, 6.45) is 0. The van der Waals surface area contributed by atoms with Crippen LogP contribution in [0.15, 0.2) is 46.0 Å². The monoisotopic (exact) mass is 476 g/mol. The number of hydrogen-bond acceptors (Lipinski definition) is 6. The maximum absolute atomic E-state index is 11.4. The molecule has 1 heterocycles. The first-order valence-electron chi connectivity index (χ1n) is 8.91. The molecule has 29 heavy (non-hydrogen) atoms. The molecule has 0 fully saturated rings. The lowest BCUT2D eigenvalue weighted by Gasteiger charge is -2.17. The van der Waals surface area contributed by atoms with Crippen molar-refractivity contribution in [2.24, 2.45) is 0 Å². The van der Waals surface area contributed by atoms with Gasteiger partial charge in [0, 0.05) is 20.6 Å². The van der Waals surface area contributed by atoms with Crippen molar-refractivity contribution in [1.82, 2.24) is 14.8 Å². The molecule has 3 aromatic rings. The fraction of sp³-hybridized carbons (Fsp3) is 0.300. The summed E-state index contributed by atoms with van der Waals surface area (Å²) in [4.78, 5) is 11.1. The summed E-state index contributed by atoms with van der Waals surface area (Å²) >= 11 is 4.76. The summed E-state index contributed by atoms with van der Waals surface area (Å²) in [6, 6.07) is 11.6. The van der Waals surface area contributed by atoms with E-state index in [1.54, 1.807) is 13.2 Å². The third-order valence-corrected chi connectivity index (χ3v) is 6.30. The quantitative estimate of drug-likeness (QED) is 0.268. The highest BCUT2D eigenvalue weighted by Gasteiger charge is 2.26. The van der Waals surface area contributed by atoms with Gasteiger partial charge >= 0.3 is 0 Å². The van der Waals surface area contributed by atoms with Gasteiger partial charge in [0.15, 0.2) is 5.16 Å². The number of benzene rings is 2. The van der Waals surface area contributed by atoms with Crippen LogP contribution in [0.2, 0.25) is 0 Å². The van der Waals surface area contributed by atoms with Crippen molar-refractivity contribution in [3.8, 4) is 11.4 Å². The number of halogens is 1. The van der Waals surface area contributed by atoms with Crippen LogP contribution in [0, 0.1) is 30.9 Å². The van der Waals surface area contributed by atoms with Crippen molar-refractivity contribution >= 4 is 27.7 Å². The molecule has 0 unspecified atom stereocenters. The van der Waals surface area contributed by atoms with Crippen LogP contribution in [-0.2, 0) is 0 Å². The minimum absolute atomic E-state index is 0.268. The Morgan fingerprint density at radius 3 is 2.59 bits per heavy atom. The third-order valence-electron chi connectivity index (χ3n) is 4.65. The zero-order valence-corrected chi connectivity index (χ0v) is 19.0. The number of ether oxygens (including phenoxy) is 1. The minimum atomic E-state index is -0.494. The van der Waals surface area contributed by atoms with Crippen LogP contribution in [0.25, 0.3) is 5.69 Å². The normalized spacial score (nSPS) is 12.0. The lowest BCUT2D eigenvalue weighted by Crippen LogP contribution is -2.12. The number of hydrogen-bond donors (Lipinski definition) is 0. The predicted octanol–water partition coefficient (Wildman–Crippen LogP) is 5.07. The number of aryl methyl sites for hydroxylation is 3. The van der Waals surface area contributed by atoms with Gasteiger partial charge in [-0.2, -0.15) is 0 Å². The second-order valence-electron chi connectivity index (χ2n) is 6.64. The smallest absolute Gasteiger partial charge is 0.220 e. The van der Waals surface area contributed by atoms with Crippen LogP contribution in [0.3, 0.4) is 0 Å². The van der Waals surface area contributed by atoms with Gasteiger partial charge in [-0.25, -0.2) is 0 Å². The molecular weight excluding hydrogens is 456 g/mol. The zero-order valence-electron chi connectivity index (χ0n) is 16.5. The third kappa shape index (κ3) is 4.79. The predicted molar refractivity (Wildman–Crippen MR) is 117 cm³/mol. The highest BCUT2D eigenvalue weighted by atomic mass is 79.9. The molecule has 1 aromatic heterocycles. The number of methoxy groups -OCH3 is 1. The fourth-order valence-corrected chi connectivity index (χ4v) is 4.57. The van der Waals surface area contributed by atoms with Gasteiger partial charge < -0.3 is 4.74 Å². The van der Waals surface area contributed by atoms with Gasteiger partial charge in [-0.1, -0.05) is 33.8 Å². The average Bonchev–Trinajstić information content (AvgIpc) is 3.03. The van der Waals surface area contributed by atoms with E-state index in [9.17, 15) is 10.1 Å². The Morgan fingerprint density at radius 2 is 1.93 bits per heavy atom. The summed E-state index contributed by atoms with van der Waals surface area (Å²) in [5, 5.41) is 20.0. The Morgan fingerprint density at radius 1 is 1.17 bits per heavy atom. The molecular formula is C20H21BrN4O3S. The van der Waals surface area contributed by atoms with Gasteiger partial charge in [0.05, 0.1) is 7.11 Å². The van der Waals surface area contributed by atoms with Crippen LogP contribution in [-0.4, -0.2) is 33.3 Å². The topological polar surface area (TPSA) is 83.1 Å². The SMILES string of the molecule is COc1ccc(Br)cc1[C@@H](C[N+](=O)[O-])Sc1nnc(C)n1-c1ccc(C)c(C)c1. The van der Waals surface area contributed by atoms with Crippen molar-refractivity contribution in [3.63, 3.8) is 0 Å². The van der Waals surface area contributed by atoms with Crippen molar-refractivity contribution in [1.29, 1.82) is 0 Å². The number of nitrogens with zero attached hydrogens (tertiary/aromatic N) is 4. The Balaban J connectivity index is 2.05. The van der Waals surface area contributed by atoms with Gasteiger partial charge in [-0.05, 0) is 62.2 Å². The number of rotatable bonds is 7. The first-order chi connectivity index (χ1) is 13.8. The molecule has 0 aliphatic carbocycles. The van der Waals surface area contributed by atoms with Crippen LogP contribution < -0.4 is 4.74 Å². The van der Waals surface area contributed by atoms with E-state index in [-0.39, 0.29) is 11.5 Å². The van der Waals surface area contributed by atoms with E-state index in [1.165, 1.54) is 17.3 Å². The maximum atomic E-state index is 11.4. The number of thioether (sulfide) groups is 1. The van der Waals surface area contributed by atoms with Crippen molar-refractivity contribution < 1.29 is 9.66 Å². The molecule has 3 rings (SSSR count). The minimum Gasteiger partial charge on any atom is -0.496 e. The molecule has 1 atom stereocenters. The Bertz CT molecular complexity index is 1050. The van der Waals surface area contributed by atoms with Crippen molar-refractivity contribution in [2.75, 3.05) is 13.7 Å². The molecule has 9 heteroatoms. The summed E-state index contributed by atoms with van der Waals surface area (Å²) in [5.41, 5.74) is 4.01. The summed E-state index contributed by atoms with van der Waals surface area (Å²) in [5.74, 6) is 1.32. The Kier molecular flexibility index (Phi) is 6.59. The summed E-state index contributed by atoms with van der Waals surface area (Å²) < 4.78 is 8.20. The maximum Gasteiger partial charge on any atom is 0.220 e. The second kappa shape index (κ2) is 8.96. The molecule has 2 aromatic carbocycles. The highest BCUT2D eigenvalue weighted by molar-refractivity contribution is 9.10. The largest absolute Gasteiger partial charge is 0.496 e. The lowest BCUT2D eigenvalue weighted by atomic mass is 10.1. The summed E-state index contributed by atoms with van der Waals surface area (Å²) in [6.45, 7) is 5.71. The van der Waals surface area contributed by atoms with Gasteiger partial charge in [-0.3, -0.25) is 14.7 Å². The van der Waals surface area contributed by atoms with E-state index in [2.05, 4.69) is 39.1 Å². The van der Waals surface area contributed by atoms with Gasteiger partial charge in [0.25, 0.3) is 0 Å². The average molecular weight is 477 g/mol. The Labute approximate surface area is 181 Å². The van der Waals surface area contributed by atoms with E-state index in [0.29, 0.717) is 10.9 Å². The molecule has 0 amide bonds. The number of nitro groups is 1. The first kappa shape index (κ1) is 21.3. The van der Waals surface area contributed by atoms with Crippen LogP contribution in [0.1, 0.15) is 27.8 Å². The standard InChI is InChI=1S/C20H21BrN4O3S/c1-12-5-7-16(9-13(12)2)25-14(3)22-23-20(25)29-19(11-24(26)27)17-10-15(21)6-8-18(17)28-4/h5-10,19H,11H2,1-4H3/t19-/m1/s1.